The Morgan fingerprint density at radius 2 is 2.07 bits per heavy atom. The Kier molecular flexibility index (Phi) is 2.01. The molecule has 0 bridgehead atoms. The molecule has 0 saturated heterocycles. The third-order valence-electron chi connectivity index (χ3n) is 1.95. The van der Waals surface area contributed by atoms with Gasteiger partial charge in [-0.05, 0) is 17.7 Å². The summed E-state index contributed by atoms with van der Waals surface area (Å²) >= 11 is 0. The number of rotatable bonds is 2. The number of carbonyl (C=O) groups is 1. The van der Waals surface area contributed by atoms with Crippen LogP contribution in [0.4, 0.5) is 0 Å². The van der Waals surface area contributed by atoms with E-state index in [-0.39, 0.29) is 12.4 Å². The summed E-state index contributed by atoms with van der Waals surface area (Å²) in [5.74, 6) is -0.266. The Balaban J connectivity index is 2.33. The number of aliphatic carboxylic acids is 1. The minimum Gasteiger partial charge on any atom is -0.479 e. The van der Waals surface area contributed by atoms with E-state index in [0.29, 0.717) is 11.5 Å². The first-order valence-corrected chi connectivity index (χ1v) is 3.99. The summed E-state index contributed by atoms with van der Waals surface area (Å²) in [6.45, 7) is 0.127. The third kappa shape index (κ3) is 1.38. The number of benzene rings is 1. The number of aliphatic hydroxyl groups excluding tert-OH is 1. The van der Waals surface area contributed by atoms with E-state index in [1.165, 1.54) is 12.1 Å². The molecule has 5 heteroatoms. The van der Waals surface area contributed by atoms with Gasteiger partial charge in [-0.15, -0.1) is 0 Å². The standard InChI is InChI=1S/C9H8O5/c10-8(9(11)12)5-1-2-6-7(3-5)14-4-13-6/h1-3,8,10H,4H2,(H,11,12). The maximum Gasteiger partial charge on any atom is 0.337 e. The number of aliphatic hydroxyl groups is 1. The van der Waals surface area contributed by atoms with Gasteiger partial charge < -0.3 is 19.7 Å². The van der Waals surface area contributed by atoms with Gasteiger partial charge in [0.25, 0.3) is 0 Å². The molecule has 0 amide bonds. The fourth-order valence-electron chi connectivity index (χ4n) is 1.23. The average Bonchev–Trinajstić information content (AvgIpc) is 2.62. The third-order valence-corrected chi connectivity index (χ3v) is 1.95. The van der Waals surface area contributed by atoms with Crippen molar-refractivity contribution in [1.29, 1.82) is 0 Å². The molecule has 1 aromatic rings. The maximum atomic E-state index is 10.5. The van der Waals surface area contributed by atoms with Gasteiger partial charge >= 0.3 is 5.97 Å². The molecule has 74 valence electrons. The molecule has 1 atom stereocenters. The van der Waals surface area contributed by atoms with Crippen LogP contribution in [0.15, 0.2) is 18.2 Å². The molecule has 1 aromatic carbocycles. The highest BCUT2D eigenvalue weighted by Crippen LogP contribution is 2.34. The van der Waals surface area contributed by atoms with E-state index in [1.54, 1.807) is 6.07 Å². The van der Waals surface area contributed by atoms with Crippen molar-refractivity contribution in [3.05, 3.63) is 23.8 Å². The molecule has 1 heterocycles. The number of ether oxygens (including phenoxy) is 2. The second-order valence-corrected chi connectivity index (χ2v) is 2.85. The summed E-state index contributed by atoms with van der Waals surface area (Å²) in [5, 5.41) is 17.8. The van der Waals surface area contributed by atoms with Crippen LogP contribution in [0.25, 0.3) is 0 Å². The van der Waals surface area contributed by atoms with Gasteiger partial charge in [-0.1, -0.05) is 6.07 Å². The summed E-state index contributed by atoms with van der Waals surface area (Å²) in [5.41, 5.74) is 0.279. The van der Waals surface area contributed by atoms with Crippen molar-refractivity contribution in [2.24, 2.45) is 0 Å². The topological polar surface area (TPSA) is 76.0 Å². The van der Waals surface area contributed by atoms with Crippen molar-refractivity contribution in [1.82, 2.24) is 0 Å². The van der Waals surface area contributed by atoms with Crippen molar-refractivity contribution in [2.45, 2.75) is 6.10 Å². The smallest absolute Gasteiger partial charge is 0.337 e. The van der Waals surface area contributed by atoms with Gasteiger partial charge in [0.05, 0.1) is 0 Å². The van der Waals surface area contributed by atoms with Gasteiger partial charge in [0.1, 0.15) is 0 Å². The monoisotopic (exact) mass is 196 g/mol. The molecule has 14 heavy (non-hydrogen) atoms. The van der Waals surface area contributed by atoms with Crippen LogP contribution < -0.4 is 9.47 Å². The molecule has 1 aliphatic heterocycles. The average molecular weight is 196 g/mol. The zero-order valence-electron chi connectivity index (χ0n) is 7.14. The molecule has 0 aromatic heterocycles. The molecule has 2 N–H and O–H groups in total. The van der Waals surface area contributed by atoms with Crippen LogP contribution in [0, 0.1) is 0 Å². The van der Waals surface area contributed by atoms with Crippen LogP contribution in [0.1, 0.15) is 11.7 Å². The molecular formula is C9H8O5. The molecule has 2 rings (SSSR count). The first-order valence-electron chi connectivity index (χ1n) is 3.99. The van der Waals surface area contributed by atoms with E-state index in [2.05, 4.69) is 0 Å². The van der Waals surface area contributed by atoms with E-state index in [4.69, 9.17) is 14.6 Å². The Morgan fingerprint density at radius 1 is 1.36 bits per heavy atom. The Hall–Kier alpha value is -1.75. The number of hydrogen-bond donors (Lipinski definition) is 2. The van der Waals surface area contributed by atoms with Gasteiger partial charge in [-0.2, -0.15) is 0 Å². The van der Waals surface area contributed by atoms with Crippen molar-refractivity contribution < 1.29 is 24.5 Å². The zero-order valence-corrected chi connectivity index (χ0v) is 7.14. The Labute approximate surface area is 79.5 Å². The van der Waals surface area contributed by atoms with E-state index in [0.717, 1.165) is 0 Å². The predicted molar refractivity (Wildman–Crippen MR) is 45.2 cm³/mol. The summed E-state index contributed by atoms with van der Waals surface area (Å²) < 4.78 is 10.1. The first kappa shape index (κ1) is 8.83. The highest BCUT2D eigenvalue weighted by atomic mass is 16.7. The lowest BCUT2D eigenvalue weighted by molar-refractivity contribution is -0.146. The van der Waals surface area contributed by atoms with Crippen molar-refractivity contribution in [3.8, 4) is 11.5 Å². The summed E-state index contributed by atoms with van der Waals surface area (Å²) in [6, 6.07) is 4.53. The van der Waals surface area contributed by atoms with Crippen LogP contribution in [-0.4, -0.2) is 23.0 Å². The van der Waals surface area contributed by atoms with Gasteiger partial charge in [0.15, 0.2) is 17.6 Å². The lowest BCUT2D eigenvalue weighted by Crippen LogP contribution is -2.10. The highest BCUT2D eigenvalue weighted by Gasteiger charge is 2.20. The SMILES string of the molecule is O=C(O)C(O)c1ccc2c(c1)OCO2. The van der Waals surface area contributed by atoms with Gasteiger partial charge in [-0.25, -0.2) is 4.79 Å². The first-order chi connectivity index (χ1) is 6.68. The molecular weight excluding hydrogens is 188 g/mol. The number of carboxylic acids is 1. The number of hydrogen-bond acceptors (Lipinski definition) is 4. The second-order valence-electron chi connectivity index (χ2n) is 2.85. The number of carboxylic acid groups (broad SMARTS) is 1. The Bertz CT molecular complexity index is 373. The number of fused-ring (bicyclic) bond motifs is 1. The lowest BCUT2D eigenvalue weighted by atomic mass is 10.1. The lowest BCUT2D eigenvalue weighted by Gasteiger charge is -2.05. The van der Waals surface area contributed by atoms with Crippen molar-refractivity contribution >= 4 is 5.97 Å². The molecule has 0 spiro atoms. The molecule has 5 nitrogen and oxygen atoms in total. The van der Waals surface area contributed by atoms with Crippen LogP contribution in [0.3, 0.4) is 0 Å². The van der Waals surface area contributed by atoms with Crippen LogP contribution in [-0.2, 0) is 4.79 Å². The summed E-state index contributed by atoms with van der Waals surface area (Å²) in [6.07, 6.45) is -1.52. The van der Waals surface area contributed by atoms with Crippen LogP contribution >= 0.6 is 0 Å². The van der Waals surface area contributed by atoms with Gasteiger partial charge in [-0.3, -0.25) is 0 Å². The van der Waals surface area contributed by atoms with E-state index in [9.17, 15) is 9.90 Å². The summed E-state index contributed by atoms with van der Waals surface area (Å²) in [7, 11) is 0. The van der Waals surface area contributed by atoms with Gasteiger partial charge in [0, 0.05) is 0 Å². The predicted octanol–water partition coefficient (Wildman–Crippen LogP) is 0.533. The van der Waals surface area contributed by atoms with Crippen LogP contribution in [0.2, 0.25) is 0 Å². The van der Waals surface area contributed by atoms with E-state index < -0.39 is 12.1 Å². The Morgan fingerprint density at radius 3 is 2.79 bits per heavy atom. The largest absolute Gasteiger partial charge is 0.479 e. The molecule has 0 saturated carbocycles. The van der Waals surface area contributed by atoms with Crippen LogP contribution in [0.5, 0.6) is 11.5 Å². The van der Waals surface area contributed by atoms with E-state index in [1.807, 2.05) is 0 Å². The van der Waals surface area contributed by atoms with Crippen molar-refractivity contribution in [2.75, 3.05) is 6.79 Å². The quantitative estimate of drug-likeness (QED) is 0.721. The minimum atomic E-state index is -1.52. The molecule has 1 unspecified atom stereocenters. The molecule has 0 aliphatic carbocycles. The fourth-order valence-corrected chi connectivity index (χ4v) is 1.23. The normalized spacial score (nSPS) is 15.2. The molecule has 0 radical (unpaired) electrons. The summed E-state index contributed by atoms with van der Waals surface area (Å²) in [4.78, 5) is 10.5. The van der Waals surface area contributed by atoms with Gasteiger partial charge in [0.2, 0.25) is 6.79 Å². The minimum absolute atomic E-state index is 0.127. The second kappa shape index (κ2) is 3.19. The fraction of sp³-hybridized carbons (Fsp3) is 0.222. The highest BCUT2D eigenvalue weighted by molar-refractivity contribution is 5.74. The zero-order chi connectivity index (χ0) is 10.1. The molecule has 1 aliphatic rings. The maximum absolute atomic E-state index is 10.5. The van der Waals surface area contributed by atoms with Crippen molar-refractivity contribution in [3.63, 3.8) is 0 Å². The van der Waals surface area contributed by atoms with E-state index >= 15 is 0 Å². The molecule has 0 fully saturated rings.